The van der Waals surface area contributed by atoms with E-state index in [1.807, 2.05) is 17.4 Å². The maximum absolute atomic E-state index is 5.67. The van der Waals surface area contributed by atoms with Gasteiger partial charge in [0.25, 0.3) is 0 Å². The van der Waals surface area contributed by atoms with Crippen LogP contribution in [-0.4, -0.2) is 0 Å². The van der Waals surface area contributed by atoms with Gasteiger partial charge in [-0.05, 0) is 68.1 Å². The zero-order valence-corrected chi connectivity index (χ0v) is 20.2. The van der Waals surface area contributed by atoms with Gasteiger partial charge in [-0.2, -0.15) is 0 Å². The minimum atomic E-state index is 0.947. The summed E-state index contributed by atoms with van der Waals surface area (Å²) in [6.45, 7) is 0. The van der Waals surface area contributed by atoms with Crippen molar-refractivity contribution in [2.24, 2.45) is 0 Å². The van der Waals surface area contributed by atoms with E-state index in [2.05, 4.69) is 109 Å². The highest BCUT2D eigenvalue weighted by Gasteiger charge is 2.17. The van der Waals surface area contributed by atoms with E-state index < -0.39 is 0 Å². The van der Waals surface area contributed by atoms with Gasteiger partial charge >= 0.3 is 0 Å². The van der Waals surface area contributed by atoms with Crippen molar-refractivity contribution in [3.05, 3.63) is 122 Å². The van der Waals surface area contributed by atoms with E-state index in [0.29, 0.717) is 0 Å². The quantitative estimate of drug-likeness (QED) is 0.226. The van der Waals surface area contributed by atoms with Crippen LogP contribution in [0.4, 0.5) is 0 Å². The Bertz CT molecular complexity index is 2040. The van der Waals surface area contributed by atoms with E-state index in [-0.39, 0.29) is 0 Å². The number of rotatable bonds is 2. The molecular weight excluding hydrogens is 456 g/mol. The van der Waals surface area contributed by atoms with E-state index in [4.69, 9.17) is 4.42 Å². The molecule has 0 fully saturated rings. The molecule has 0 aliphatic heterocycles. The van der Waals surface area contributed by atoms with Gasteiger partial charge in [0, 0.05) is 25.6 Å². The summed E-state index contributed by atoms with van der Waals surface area (Å²) < 4.78 is 8.23. The van der Waals surface area contributed by atoms with Crippen molar-refractivity contribution in [2.45, 2.75) is 0 Å². The molecule has 0 radical (unpaired) electrons. The minimum absolute atomic E-state index is 0.947. The van der Waals surface area contributed by atoms with E-state index in [9.17, 15) is 0 Å². The predicted octanol–water partition coefficient (Wildman–Crippen LogP) is 10.4. The highest BCUT2D eigenvalue weighted by Crippen LogP contribution is 2.45. The first kappa shape index (κ1) is 19.9. The summed E-state index contributed by atoms with van der Waals surface area (Å²) in [6.07, 6.45) is 1.77. The van der Waals surface area contributed by atoms with Crippen LogP contribution >= 0.6 is 11.3 Å². The van der Waals surface area contributed by atoms with Gasteiger partial charge in [-0.15, -0.1) is 11.3 Å². The van der Waals surface area contributed by atoms with Crippen LogP contribution in [0, 0.1) is 0 Å². The van der Waals surface area contributed by atoms with Crippen LogP contribution < -0.4 is 0 Å². The molecule has 0 saturated heterocycles. The van der Waals surface area contributed by atoms with Gasteiger partial charge in [-0.25, -0.2) is 0 Å². The number of furan rings is 1. The van der Waals surface area contributed by atoms with Crippen LogP contribution in [0.1, 0.15) is 0 Å². The molecule has 2 heteroatoms. The second kappa shape index (κ2) is 7.55. The summed E-state index contributed by atoms with van der Waals surface area (Å²) in [4.78, 5) is 0. The van der Waals surface area contributed by atoms with Crippen LogP contribution in [0.25, 0.3) is 74.9 Å². The fraction of sp³-hybridized carbons (Fsp3) is 0. The fourth-order valence-corrected chi connectivity index (χ4v) is 6.90. The average Bonchev–Trinajstić information content (AvgIpc) is 3.53. The van der Waals surface area contributed by atoms with Gasteiger partial charge in [0.05, 0.1) is 6.26 Å². The molecule has 2 heterocycles. The summed E-state index contributed by atoms with van der Waals surface area (Å²) >= 11 is 1.84. The number of benzene rings is 6. The van der Waals surface area contributed by atoms with Crippen LogP contribution in [-0.2, 0) is 0 Å². The molecule has 6 aromatic carbocycles. The van der Waals surface area contributed by atoms with Gasteiger partial charge in [0.1, 0.15) is 5.58 Å². The van der Waals surface area contributed by atoms with E-state index in [1.54, 1.807) is 6.26 Å². The molecule has 2 aromatic heterocycles. The summed E-state index contributed by atoms with van der Waals surface area (Å²) in [5, 5.41) is 8.89. The third-order valence-electron chi connectivity index (χ3n) is 7.33. The SMILES string of the molecule is c1ccc(-c2c3ccccc3c(-c3ccc4c(c3)sc3cc5occc5cc34)c3ccccc23)cc1. The fourth-order valence-electron chi connectivity index (χ4n) is 5.74. The van der Waals surface area contributed by atoms with Crippen LogP contribution in [0.2, 0.25) is 0 Å². The van der Waals surface area contributed by atoms with Gasteiger partial charge in [0.15, 0.2) is 0 Å². The lowest BCUT2D eigenvalue weighted by molar-refractivity contribution is 0.616. The molecule has 0 bridgehead atoms. The number of hydrogen-bond acceptors (Lipinski definition) is 2. The normalized spacial score (nSPS) is 11.9. The van der Waals surface area contributed by atoms with Crippen molar-refractivity contribution in [3.8, 4) is 22.3 Å². The topological polar surface area (TPSA) is 13.1 Å². The first-order valence-electron chi connectivity index (χ1n) is 12.2. The highest BCUT2D eigenvalue weighted by atomic mass is 32.1. The van der Waals surface area contributed by atoms with Gasteiger partial charge in [0.2, 0.25) is 0 Å². The summed E-state index contributed by atoms with van der Waals surface area (Å²) in [6, 6.07) is 41.9. The second-order valence-electron chi connectivity index (χ2n) is 9.33. The van der Waals surface area contributed by atoms with Crippen molar-refractivity contribution >= 4 is 64.0 Å². The first-order chi connectivity index (χ1) is 17.8. The molecule has 0 saturated carbocycles. The lowest BCUT2D eigenvalue weighted by Gasteiger charge is -2.17. The Labute approximate surface area is 211 Å². The molecule has 0 atom stereocenters. The molecule has 1 nitrogen and oxygen atoms in total. The summed E-state index contributed by atoms with van der Waals surface area (Å²) in [5.74, 6) is 0. The van der Waals surface area contributed by atoms with Crippen LogP contribution in [0.5, 0.6) is 0 Å². The Morgan fingerprint density at radius 1 is 0.444 bits per heavy atom. The maximum atomic E-state index is 5.67. The summed E-state index contributed by atoms with van der Waals surface area (Å²) in [5.41, 5.74) is 6.05. The second-order valence-corrected chi connectivity index (χ2v) is 10.4. The van der Waals surface area contributed by atoms with Gasteiger partial charge in [-0.1, -0.05) is 91.0 Å². The number of hydrogen-bond donors (Lipinski definition) is 0. The molecule has 0 unspecified atom stereocenters. The number of thiophene rings is 1. The molecule has 168 valence electrons. The Balaban J connectivity index is 1.46. The van der Waals surface area contributed by atoms with Gasteiger partial charge in [-0.3, -0.25) is 0 Å². The van der Waals surface area contributed by atoms with Crippen molar-refractivity contribution < 1.29 is 4.42 Å². The van der Waals surface area contributed by atoms with E-state index in [0.717, 1.165) is 11.0 Å². The van der Waals surface area contributed by atoms with Crippen molar-refractivity contribution in [1.82, 2.24) is 0 Å². The molecule has 36 heavy (non-hydrogen) atoms. The maximum Gasteiger partial charge on any atom is 0.135 e. The van der Waals surface area contributed by atoms with Crippen molar-refractivity contribution in [3.63, 3.8) is 0 Å². The largest absolute Gasteiger partial charge is 0.464 e. The highest BCUT2D eigenvalue weighted by molar-refractivity contribution is 7.25. The molecule has 0 N–H and O–H groups in total. The number of fused-ring (bicyclic) bond motifs is 6. The smallest absolute Gasteiger partial charge is 0.135 e. The zero-order chi connectivity index (χ0) is 23.6. The van der Waals surface area contributed by atoms with Crippen LogP contribution in [0.3, 0.4) is 0 Å². The van der Waals surface area contributed by atoms with Crippen LogP contribution in [0.15, 0.2) is 126 Å². The third-order valence-corrected chi connectivity index (χ3v) is 8.44. The zero-order valence-electron chi connectivity index (χ0n) is 19.4. The molecule has 0 amide bonds. The Hall–Kier alpha value is -4.40. The Kier molecular flexibility index (Phi) is 4.16. The van der Waals surface area contributed by atoms with Crippen molar-refractivity contribution in [2.75, 3.05) is 0 Å². The molecule has 8 rings (SSSR count). The molecule has 0 aliphatic rings. The lowest BCUT2D eigenvalue weighted by atomic mass is 9.86. The third kappa shape index (κ3) is 2.82. The first-order valence-corrected chi connectivity index (χ1v) is 13.0. The van der Waals surface area contributed by atoms with Crippen molar-refractivity contribution in [1.29, 1.82) is 0 Å². The summed E-state index contributed by atoms with van der Waals surface area (Å²) in [7, 11) is 0. The molecular formula is C34H20OS. The molecule has 0 aliphatic carbocycles. The van der Waals surface area contributed by atoms with E-state index in [1.165, 1.54) is 64.0 Å². The standard InChI is InChI=1S/C34H20OS/c1-2-8-21(9-3-1)33-25-10-4-6-12-27(25)34(28-13-7-5-11-26(28)33)23-14-15-24-29-18-22-16-17-35-30(22)20-32(29)36-31(24)19-23/h1-20H. The Morgan fingerprint density at radius 3 is 1.75 bits per heavy atom. The average molecular weight is 477 g/mol. The monoisotopic (exact) mass is 476 g/mol. The van der Waals surface area contributed by atoms with E-state index >= 15 is 0 Å². The predicted molar refractivity (Wildman–Crippen MR) is 155 cm³/mol. The van der Waals surface area contributed by atoms with Gasteiger partial charge < -0.3 is 4.42 Å². The minimum Gasteiger partial charge on any atom is -0.464 e. The Morgan fingerprint density at radius 2 is 1.06 bits per heavy atom. The lowest BCUT2D eigenvalue weighted by Crippen LogP contribution is -1.90. The molecule has 8 aromatic rings. The molecule has 0 spiro atoms.